The van der Waals surface area contributed by atoms with Crippen LogP contribution in [0.25, 0.3) is 27.6 Å². The first-order valence-corrected chi connectivity index (χ1v) is 12.6. The van der Waals surface area contributed by atoms with Gasteiger partial charge >= 0.3 is 6.36 Å². The van der Waals surface area contributed by atoms with Gasteiger partial charge in [0.05, 0.1) is 18.6 Å². The maximum absolute atomic E-state index is 13.8. The molecule has 2 heterocycles. The molecule has 2 aromatic heterocycles. The number of amides is 1. The van der Waals surface area contributed by atoms with Gasteiger partial charge in [0.15, 0.2) is 5.16 Å². The Labute approximate surface area is 223 Å². The van der Waals surface area contributed by atoms with E-state index in [4.69, 9.17) is 9.72 Å². The number of nitrogens with one attached hydrogen (secondary N) is 2. The Hall–Kier alpha value is -4.45. The minimum Gasteiger partial charge on any atom is -0.495 e. The van der Waals surface area contributed by atoms with Crippen molar-refractivity contribution in [1.29, 1.82) is 0 Å². The summed E-state index contributed by atoms with van der Waals surface area (Å²) in [6.45, 7) is 1.88. The molecule has 0 atom stereocenters. The third-order valence-electron chi connectivity index (χ3n) is 5.77. The Balaban J connectivity index is 1.49. The first kappa shape index (κ1) is 26.2. The highest BCUT2D eigenvalue weighted by atomic mass is 32.2. The van der Waals surface area contributed by atoms with Crippen molar-refractivity contribution >= 4 is 45.3 Å². The van der Waals surface area contributed by atoms with Gasteiger partial charge in [-0.2, -0.15) is 0 Å². The van der Waals surface area contributed by atoms with Crippen molar-refractivity contribution in [3.63, 3.8) is 0 Å². The number of alkyl halides is 3. The van der Waals surface area contributed by atoms with Crippen molar-refractivity contribution in [3.05, 3.63) is 82.6 Å². The van der Waals surface area contributed by atoms with Crippen molar-refractivity contribution in [2.75, 3.05) is 18.2 Å². The molecule has 0 radical (unpaired) electrons. The number of carbonyl (C=O) groups excluding carboxylic acids is 1. The number of rotatable bonds is 7. The van der Waals surface area contributed by atoms with E-state index in [0.29, 0.717) is 22.5 Å². The maximum Gasteiger partial charge on any atom is 0.573 e. The number of fused-ring (bicyclic) bond motifs is 3. The molecule has 0 bridgehead atoms. The Morgan fingerprint density at radius 3 is 2.56 bits per heavy atom. The molecule has 0 spiro atoms. The number of aryl methyl sites for hydroxylation is 1. The molecule has 0 unspecified atom stereocenters. The molecule has 0 aliphatic heterocycles. The van der Waals surface area contributed by atoms with Crippen LogP contribution in [0.2, 0.25) is 0 Å². The van der Waals surface area contributed by atoms with Gasteiger partial charge in [0, 0.05) is 16.6 Å². The lowest BCUT2D eigenvalue weighted by Crippen LogP contribution is -2.23. The number of halogens is 3. The highest BCUT2D eigenvalue weighted by molar-refractivity contribution is 7.99. The Bertz CT molecular complexity index is 1750. The Morgan fingerprint density at radius 2 is 1.85 bits per heavy atom. The molecule has 0 fully saturated rings. The third-order valence-corrected chi connectivity index (χ3v) is 6.71. The molecule has 8 nitrogen and oxygen atoms in total. The molecule has 0 aliphatic rings. The predicted molar refractivity (Wildman–Crippen MR) is 143 cm³/mol. The number of hydrogen-bond donors (Lipinski definition) is 2. The van der Waals surface area contributed by atoms with Gasteiger partial charge in [-0.25, -0.2) is 9.55 Å². The largest absolute Gasteiger partial charge is 0.573 e. The molecular formula is C27H21F3N4O4S. The summed E-state index contributed by atoms with van der Waals surface area (Å²) in [7, 11) is 1.50. The zero-order valence-corrected chi connectivity index (χ0v) is 21.4. The van der Waals surface area contributed by atoms with Crippen molar-refractivity contribution in [1.82, 2.24) is 14.5 Å². The van der Waals surface area contributed by atoms with Crippen LogP contribution in [0.3, 0.4) is 0 Å². The fraction of sp³-hybridized carbons (Fsp3) is 0.148. The van der Waals surface area contributed by atoms with Crippen LogP contribution in [0.1, 0.15) is 5.56 Å². The zero-order valence-electron chi connectivity index (χ0n) is 20.6. The summed E-state index contributed by atoms with van der Waals surface area (Å²) in [6.07, 6.45) is -4.81. The van der Waals surface area contributed by atoms with Crippen LogP contribution in [0.15, 0.2) is 76.7 Å². The molecule has 0 saturated carbocycles. The molecule has 1 amide bonds. The van der Waals surface area contributed by atoms with Crippen LogP contribution in [0.5, 0.6) is 11.5 Å². The summed E-state index contributed by atoms with van der Waals surface area (Å²) in [4.78, 5) is 34.5. The smallest absolute Gasteiger partial charge is 0.495 e. The van der Waals surface area contributed by atoms with Crippen LogP contribution >= 0.6 is 11.8 Å². The van der Waals surface area contributed by atoms with Gasteiger partial charge < -0.3 is 19.8 Å². The summed E-state index contributed by atoms with van der Waals surface area (Å²) in [5, 5.41) is 3.66. The number of ether oxygens (including phenoxy) is 2. The third kappa shape index (κ3) is 5.55. The van der Waals surface area contributed by atoms with Crippen molar-refractivity contribution in [2.45, 2.75) is 18.4 Å². The number of H-pyrrole nitrogens is 1. The Morgan fingerprint density at radius 1 is 1.10 bits per heavy atom. The average Bonchev–Trinajstić information content (AvgIpc) is 3.27. The number of para-hydroxylation sites is 1. The number of anilines is 1. The second-order valence-electron chi connectivity index (χ2n) is 8.51. The molecule has 0 aliphatic carbocycles. The highest BCUT2D eigenvalue weighted by Crippen LogP contribution is 2.30. The second-order valence-corrected chi connectivity index (χ2v) is 9.46. The van der Waals surface area contributed by atoms with E-state index in [9.17, 15) is 22.8 Å². The van der Waals surface area contributed by atoms with E-state index < -0.39 is 18.0 Å². The molecule has 12 heteroatoms. The standard InChI is InChI=1S/C27H21F3N4O4S/c1-15-7-12-21(37-2)20(13-15)34-25(36)24-23(18-5-3-4-6-19(18)32-24)33-26(34)39-14-22(35)31-16-8-10-17(11-9-16)38-27(28,29)30/h3-13,32H,14H2,1-2H3,(H,31,35). The summed E-state index contributed by atoms with van der Waals surface area (Å²) < 4.78 is 48.0. The number of carbonyl (C=O) groups is 1. The number of aromatic nitrogens is 3. The summed E-state index contributed by atoms with van der Waals surface area (Å²) in [5.74, 6) is -0.523. The fourth-order valence-corrected chi connectivity index (χ4v) is 4.89. The monoisotopic (exact) mass is 554 g/mol. The van der Waals surface area contributed by atoms with E-state index >= 15 is 0 Å². The Kier molecular flexibility index (Phi) is 6.96. The normalized spacial score (nSPS) is 11.6. The van der Waals surface area contributed by atoms with Gasteiger partial charge in [-0.3, -0.25) is 9.59 Å². The van der Waals surface area contributed by atoms with Crippen LogP contribution in [0.4, 0.5) is 18.9 Å². The van der Waals surface area contributed by atoms with Gasteiger partial charge in [0.2, 0.25) is 5.91 Å². The van der Waals surface area contributed by atoms with Crippen LogP contribution in [0, 0.1) is 6.92 Å². The number of hydrogen-bond acceptors (Lipinski definition) is 6. The first-order valence-electron chi connectivity index (χ1n) is 11.6. The molecule has 5 rings (SSSR count). The van der Waals surface area contributed by atoms with Gasteiger partial charge in [-0.1, -0.05) is 36.0 Å². The second kappa shape index (κ2) is 10.4. The van der Waals surface area contributed by atoms with E-state index in [2.05, 4.69) is 15.0 Å². The number of methoxy groups -OCH3 is 1. The average molecular weight is 555 g/mol. The zero-order chi connectivity index (χ0) is 27.7. The van der Waals surface area contributed by atoms with Crippen LogP contribution in [-0.2, 0) is 4.79 Å². The first-order chi connectivity index (χ1) is 18.6. The van der Waals surface area contributed by atoms with E-state index in [0.717, 1.165) is 40.4 Å². The lowest BCUT2D eigenvalue weighted by Gasteiger charge is -2.16. The number of nitrogens with zero attached hydrogens (tertiary/aromatic N) is 2. The number of benzene rings is 3. The molecule has 2 N–H and O–H groups in total. The van der Waals surface area contributed by atoms with Gasteiger partial charge in [-0.15, -0.1) is 13.2 Å². The van der Waals surface area contributed by atoms with Gasteiger partial charge in [-0.05, 0) is 55.0 Å². The van der Waals surface area contributed by atoms with Gasteiger partial charge in [0.25, 0.3) is 5.56 Å². The predicted octanol–water partition coefficient (Wildman–Crippen LogP) is 5.81. The van der Waals surface area contributed by atoms with Crippen molar-refractivity contribution < 1.29 is 27.4 Å². The lowest BCUT2D eigenvalue weighted by molar-refractivity contribution is -0.274. The lowest BCUT2D eigenvalue weighted by atomic mass is 10.2. The minimum absolute atomic E-state index is 0.130. The molecule has 200 valence electrons. The van der Waals surface area contributed by atoms with Crippen LogP contribution in [-0.4, -0.2) is 39.7 Å². The molecule has 39 heavy (non-hydrogen) atoms. The molecule has 5 aromatic rings. The molecule has 3 aromatic carbocycles. The maximum atomic E-state index is 13.8. The van der Waals surface area contributed by atoms with Crippen molar-refractivity contribution in [2.24, 2.45) is 0 Å². The quantitative estimate of drug-likeness (QED) is 0.195. The summed E-state index contributed by atoms with van der Waals surface area (Å²) >= 11 is 1.04. The summed E-state index contributed by atoms with van der Waals surface area (Å²) in [5.41, 5.74) is 2.82. The van der Waals surface area contributed by atoms with E-state index in [1.54, 1.807) is 12.1 Å². The fourth-order valence-electron chi connectivity index (χ4n) is 4.09. The highest BCUT2D eigenvalue weighted by Gasteiger charge is 2.31. The topological polar surface area (TPSA) is 98.2 Å². The van der Waals surface area contributed by atoms with E-state index in [-0.39, 0.29) is 22.2 Å². The minimum atomic E-state index is -4.81. The van der Waals surface area contributed by atoms with Gasteiger partial charge in [0.1, 0.15) is 22.5 Å². The van der Waals surface area contributed by atoms with Crippen LogP contribution < -0.4 is 20.3 Å². The summed E-state index contributed by atoms with van der Waals surface area (Å²) in [6, 6.07) is 17.6. The molecule has 0 saturated heterocycles. The molecular weight excluding hydrogens is 533 g/mol. The van der Waals surface area contributed by atoms with E-state index in [1.807, 2.05) is 37.3 Å². The number of aromatic amines is 1. The van der Waals surface area contributed by atoms with E-state index in [1.165, 1.54) is 23.8 Å². The number of thioether (sulfide) groups is 1. The SMILES string of the molecule is COc1ccc(C)cc1-n1c(SCC(=O)Nc2ccc(OC(F)(F)F)cc2)nc2c([nH]c3ccccc32)c1=O. The van der Waals surface area contributed by atoms with Crippen molar-refractivity contribution in [3.8, 4) is 17.2 Å².